The van der Waals surface area contributed by atoms with Crippen molar-refractivity contribution in [1.29, 1.82) is 0 Å². The van der Waals surface area contributed by atoms with Gasteiger partial charge in [-0.25, -0.2) is 0 Å². The van der Waals surface area contributed by atoms with Crippen molar-refractivity contribution in [1.82, 2.24) is 5.32 Å². The number of rotatable bonds is 5. The number of methoxy groups -OCH3 is 1. The Morgan fingerprint density at radius 1 is 1.08 bits per heavy atom. The average Bonchev–Trinajstić information content (AvgIpc) is 2.53. The van der Waals surface area contributed by atoms with Crippen molar-refractivity contribution in [3.05, 3.63) is 24.3 Å². The van der Waals surface area contributed by atoms with Crippen molar-refractivity contribution in [2.75, 3.05) is 7.11 Å². The third-order valence-corrected chi connectivity index (χ3v) is 6.17. The molecule has 0 radical (unpaired) electrons. The zero-order valence-corrected chi connectivity index (χ0v) is 14.6. The Morgan fingerprint density at radius 3 is 2.17 bits per heavy atom. The van der Waals surface area contributed by atoms with Gasteiger partial charge in [-0.1, -0.05) is 12.1 Å². The molecule has 1 amide bonds. The number of amides is 1. The molecule has 1 N–H and O–H groups in total. The standard InChI is InChI=1S/C20H27NO3/c1-13(24-18-6-4-3-5-17(18)23-2)19(22)21-20-10-14-7-15(11-20)9-16(8-14)12-20/h3-6,13-16H,7-12H2,1-2H3,(H,21,22)/t13-,14?,15?,16?,20?/m0/s1. The summed E-state index contributed by atoms with van der Waals surface area (Å²) in [6.45, 7) is 1.82. The van der Waals surface area contributed by atoms with Crippen LogP contribution in [0.5, 0.6) is 11.5 Å². The van der Waals surface area contributed by atoms with Gasteiger partial charge in [0.15, 0.2) is 17.6 Å². The minimum atomic E-state index is -0.519. The van der Waals surface area contributed by atoms with Gasteiger partial charge in [0, 0.05) is 5.54 Å². The largest absolute Gasteiger partial charge is 0.493 e. The van der Waals surface area contributed by atoms with Gasteiger partial charge in [-0.15, -0.1) is 0 Å². The summed E-state index contributed by atoms with van der Waals surface area (Å²) >= 11 is 0. The van der Waals surface area contributed by atoms with E-state index >= 15 is 0 Å². The molecule has 4 bridgehead atoms. The summed E-state index contributed by atoms with van der Waals surface area (Å²) in [6, 6.07) is 7.47. The van der Waals surface area contributed by atoms with E-state index < -0.39 is 6.10 Å². The average molecular weight is 329 g/mol. The molecule has 4 saturated carbocycles. The van der Waals surface area contributed by atoms with Crippen LogP contribution in [-0.4, -0.2) is 24.7 Å². The van der Waals surface area contributed by atoms with Crippen LogP contribution >= 0.6 is 0 Å². The van der Waals surface area contributed by atoms with Crippen molar-refractivity contribution < 1.29 is 14.3 Å². The fourth-order valence-corrected chi connectivity index (χ4v) is 5.59. The van der Waals surface area contributed by atoms with Crippen molar-refractivity contribution in [2.45, 2.75) is 57.1 Å². The molecule has 1 aromatic carbocycles. The van der Waals surface area contributed by atoms with E-state index in [-0.39, 0.29) is 11.4 Å². The molecular weight excluding hydrogens is 302 g/mol. The van der Waals surface area contributed by atoms with Crippen LogP contribution in [0.25, 0.3) is 0 Å². The van der Waals surface area contributed by atoms with Crippen LogP contribution in [0.3, 0.4) is 0 Å². The highest BCUT2D eigenvalue weighted by Gasteiger charge is 2.51. The van der Waals surface area contributed by atoms with E-state index in [0.29, 0.717) is 11.5 Å². The first-order chi connectivity index (χ1) is 11.6. The van der Waals surface area contributed by atoms with Gasteiger partial charge in [-0.3, -0.25) is 4.79 Å². The fraction of sp³-hybridized carbons (Fsp3) is 0.650. The van der Waals surface area contributed by atoms with E-state index in [0.717, 1.165) is 37.0 Å². The Balaban J connectivity index is 1.42. The van der Waals surface area contributed by atoms with Gasteiger partial charge in [0.25, 0.3) is 5.91 Å². The smallest absolute Gasteiger partial charge is 0.261 e. The molecule has 1 atom stereocenters. The third-order valence-electron chi connectivity index (χ3n) is 6.17. The van der Waals surface area contributed by atoms with E-state index in [1.54, 1.807) is 7.11 Å². The maximum absolute atomic E-state index is 12.8. The van der Waals surface area contributed by atoms with Crippen LogP contribution in [-0.2, 0) is 4.79 Å². The SMILES string of the molecule is COc1ccccc1O[C@@H](C)C(=O)NC12CC3CC(CC(C3)C1)C2. The first-order valence-corrected chi connectivity index (χ1v) is 9.18. The summed E-state index contributed by atoms with van der Waals surface area (Å²) in [4.78, 5) is 12.8. The molecule has 4 nitrogen and oxygen atoms in total. The molecule has 4 heteroatoms. The van der Waals surface area contributed by atoms with E-state index in [1.807, 2.05) is 31.2 Å². The first kappa shape index (κ1) is 15.8. The van der Waals surface area contributed by atoms with Crippen LogP contribution in [0.15, 0.2) is 24.3 Å². The Morgan fingerprint density at radius 2 is 1.62 bits per heavy atom. The Kier molecular flexibility index (Phi) is 3.93. The second kappa shape index (κ2) is 5.98. The number of nitrogens with one attached hydrogen (secondary N) is 1. The summed E-state index contributed by atoms with van der Waals surface area (Å²) in [7, 11) is 1.61. The number of para-hydroxylation sites is 2. The molecule has 0 aliphatic heterocycles. The number of ether oxygens (including phenoxy) is 2. The van der Waals surface area contributed by atoms with E-state index in [1.165, 1.54) is 19.3 Å². The van der Waals surface area contributed by atoms with Gasteiger partial charge in [-0.05, 0) is 75.3 Å². The van der Waals surface area contributed by atoms with Crippen LogP contribution < -0.4 is 14.8 Å². The van der Waals surface area contributed by atoms with Crippen molar-refractivity contribution in [3.63, 3.8) is 0 Å². The molecule has 0 saturated heterocycles. The number of hydrogen-bond donors (Lipinski definition) is 1. The molecule has 4 aliphatic carbocycles. The predicted octanol–water partition coefficient (Wildman–Crippen LogP) is 3.55. The Hall–Kier alpha value is -1.71. The number of hydrogen-bond acceptors (Lipinski definition) is 3. The van der Waals surface area contributed by atoms with Crippen LogP contribution in [0.2, 0.25) is 0 Å². The quantitative estimate of drug-likeness (QED) is 0.899. The van der Waals surface area contributed by atoms with Gasteiger partial charge < -0.3 is 14.8 Å². The Bertz CT molecular complexity index is 592. The van der Waals surface area contributed by atoms with Crippen LogP contribution in [0, 0.1) is 17.8 Å². The molecule has 24 heavy (non-hydrogen) atoms. The normalized spacial score (nSPS) is 34.7. The monoisotopic (exact) mass is 329 g/mol. The second-order valence-corrected chi connectivity index (χ2v) is 8.10. The lowest BCUT2D eigenvalue weighted by molar-refractivity contribution is -0.133. The number of benzene rings is 1. The lowest BCUT2D eigenvalue weighted by Crippen LogP contribution is -2.61. The molecule has 0 heterocycles. The first-order valence-electron chi connectivity index (χ1n) is 9.18. The van der Waals surface area contributed by atoms with Gasteiger partial charge in [0.2, 0.25) is 0 Å². The lowest BCUT2D eigenvalue weighted by atomic mass is 9.53. The summed E-state index contributed by atoms with van der Waals surface area (Å²) in [5, 5.41) is 3.38. The minimum absolute atomic E-state index is 0.00264. The zero-order valence-electron chi connectivity index (χ0n) is 14.6. The highest BCUT2D eigenvalue weighted by Crippen LogP contribution is 2.55. The van der Waals surface area contributed by atoms with E-state index in [4.69, 9.17) is 9.47 Å². The molecule has 5 rings (SSSR count). The zero-order chi connectivity index (χ0) is 16.7. The van der Waals surface area contributed by atoms with Gasteiger partial charge in [-0.2, -0.15) is 0 Å². The molecule has 4 fully saturated rings. The molecular formula is C20H27NO3. The van der Waals surface area contributed by atoms with Crippen molar-refractivity contribution >= 4 is 5.91 Å². The van der Waals surface area contributed by atoms with Crippen molar-refractivity contribution in [3.8, 4) is 11.5 Å². The molecule has 4 aliphatic rings. The molecule has 1 aromatic rings. The highest BCUT2D eigenvalue weighted by atomic mass is 16.5. The number of carbonyl (C=O) groups excluding carboxylic acids is 1. The molecule has 130 valence electrons. The predicted molar refractivity (Wildman–Crippen MR) is 92.1 cm³/mol. The summed E-state index contributed by atoms with van der Waals surface area (Å²) in [5.74, 6) is 3.74. The summed E-state index contributed by atoms with van der Waals surface area (Å²) in [6.07, 6.45) is 7.09. The molecule has 0 aromatic heterocycles. The third kappa shape index (κ3) is 2.87. The summed E-state index contributed by atoms with van der Waals surface area (Å²) < 4.78 is 11.2. The van der Waals surface area contributed by atoms with Gasteiger partial charge in [0.1, 0.15) is 0 Å². The molecule has 0 spiro atoms. The topological polar surface area (TPSA) is 47.6 Å². The maximum atomic E-state index is 12.8. The van der Waals surface area contributed by atoms with Crippen LogP contribution in [0.4, 0.5) is 0 Å². The second-order valence-electron chi connectivity index (χ2n) is 8.10. The molecule has 0 unspecified atom stereocenters. The van der Waals surface area contributed by atoms with Crippen molar-refractivity contribution in [2.24, 2.45) is 17.8 Å². The van der Waals surface area contributed by atoms with E-state index in [2.05, 4.69) is 5.32 Å². The minimum Gasteiger partial charge on any atom is -0.493 e. The highest BCUT2D eigenvalue weighted by molar-refractivity contribution is 5.81. The van der Waals surface area contributed by atoms with Gasteiger partial charge >= 0.3 is 0 Å². The fourth-order valence-electron chi connectivity index (χ4n) is 5.59. The van der Waals surface area contributed by atoms with E-state index in [9.17, 15) is 4.79 Å². The van der Waals surface area contributed by atoms with Gasteiger partial charge in [0.05, 0.1) is 7.11 Å². The number of carbonyl (C=O) groups is 1. The summed E-state index contributed by atoms with van der Waals surface area (Å²) in [5.41, 5.74) is 0.0320. The van der Waals surface area contributed by atoms with Crippen LogP contribution in [0.1, 0.15) is 45.4 Å². The maximum Gasteiger partial charge on any atom is 0.261 e. The Labute approximate surface area is 143 Å². The lowest BCUT2D eigenvalue weighted by Gasteiger charge is -2.57.